The zero-order valence-electron chi connectivity index (χ0n) is 13.2. The molecule has 1 aromatic carbocycles. The zero-order valence-corrected chi connectivity index (χ0v) is 14.0. The van der Waals surface area contributed by atoms with E-state index < -0.39 is 0 Å². The van der Waals surface area contributed by atoms with Crippen molar-refractivity contribution in [3.63, 3.8) is 0 Å². The number of halogens is 1. The molecule has 1 aromatic rings. The van der Waals surface area contributed by atoms with Crippen molar-refractivity contribution in [2.75, 3.05) is 0 Å². The van der Waals surface area contributed by atoms with Gasteiger partial charge in [0.2, 0.25) is 0 Å². The van der Waals surface area contributed by atoms with Crippen LogP contribution >= 0.6 is 11.6 Å². The molecule has 2 nitrogen and oxygen atoms in total. The molecule has 2 aliphatic heterocycles. The fraction of sp³-hybridized carbons (Fsp3) is 0.667. The summed E-state index contributed by atoms with van der Waals surface area (Å²) in [6.45, 7) is 7.36. The first-order valence-corrected chi connectivity index (χ1v) is 8.47. The van der Waals surface area contributed by atoms with Crippen LogP contribution in [0.1, 0.15) is 51.2 Å². The maximum absolute atomic E-state index is 6.42. The van der Waals surface area contributed by atoms with Gasteiger partial charge in [-0.25, -0.2) is 0 Å². The Labute approximate surface area is 132 Å². The average Bonchev–Trinajstić information content (AvgIpc) is 2.97. The molecule has 2 heterocycles. The molecular weight excluding hydrogens is 284 g/mol. The van der Waals surface area contributed by atoms with Gasteiger partial charge in [-0.2, -0.15) is 0 Å². The number of benzene rings is 1. The summed E-state index contributed by atoms with van der Waals surface area (Å²) >= 11 is 6.00. The van der Waals surface area contributed by atoms with Crippen molar-refractivity contribution in [1.29, 1.82) is 0 Å². The predicted molar refractivity (Wildman–Crippen MR) is 85.5 cm³/mol. The molecule has 3 rings (SSSR count). The Hall–Kier alpha value is -0.570. The van der Waals surface area contributed by atoms with E-state index in [1.807, 2.05) is 12.1 Å². The van der Waals surface area contributed by atoms with E-state index in [0.29, 0.717) is 18.4 Å². The van der Waals surface area contributed by atoms with E-state index >= 15 is 0 Å². The van der Waals surface area contributed by atoms with Crippen molar-refractivity contribution in [3.05, 3.63) is 35.4 Å². The molecule has 0 spiro atoms. The van der Waals surface area contributed by atoms with Crippen molar-refractivity contribution >= 4 is 11.6 Å². The lowest BCUT2D eigenvalue weighted by Gasteiger charge is -2.31. The van der Waals surface area contributed by atoms with E-state index in [2.05, 4.69) is 32.9 Å². The molecule has 0 amide bonds. The number of rotatable bonds is 5. The minimum absolute atomic E-state index is 0.0332. The van der Waals surface area contributed by atoms with Gasteiger partial charge in [-0.05, 0) is 36.8 Å². The van der Waals surface area contributed by atoms with Crippen LogP contribution in [0.5, 0.6) is 0 Å². The van der Waals surface area contributed by atoms with E-state index in [1.54, 1.807) is 0 Å². The summed E-state index contributed by atoms with van der Waals surface area (Å²) in [4.78, 5) is 0. The van der Waals surface area contributed by atoms with E-state index in [1.165, 1.54) is 12.0 Å². The highest BCUT2D eigenvalue weighted by atomic mass is 35.5. The number of hydrogen-bond donors (Lipinski definition) is 0. The van der Waals surface area contributed by atoms with Gasteiger partial charge in [0.05, 0.1) is 23.9 Å². The largest absolute Gasteiger partial charge is 0.370 e. The lowest BCUT2D eigenvalue weighted by molar-refractivity contribution is -0.0960. The van der Waals surface area contributed by atoms with Crippen LogP contribution in [-0.2, 0) is 22.0 Å². The molecule has 3 heteroatoms. The summed E-state index contributed by atoms with van der Waals surface area (Å²) in [5, 5.41) is 0. The van der Waals surface area contributed by atoms with Gasteiger partial charge in [-0.1, -0.05) is 38.1 Å². The lowest BCUT2D eigenvalue weighted by Crippen LogP contribution is -2.38. The van der Waals surface area contributed by atoms with Gasteiger partial charge in [0.1, 0.15) is 0 Å². The average molecular weight is 309 g/mol. The Morgan fingerprint density at radius 3 is 2.62 bits per heavy atom. The Balaban J connectivity index is 1.69. The first kappa shape index (κ1) is 15.3. The fourth-order valence-corrected chi connectivity index (χ4v) is 4.08. The van der Waals surface area contributed by atoms with Crippen LogP contribution < -0.4 is 0 Å². The molecule has 0 unspecified atom stereocenters. The summed E-state index contributed by atoms with van der Waals surface area (Å²) in [5.41, 5.74) is 2.27. The molecule has 116 valence electrons. The van der Waals surface area contributed by atoms with Crippen molar-refractivity contribution in [1.82, 2.24) is 0 Å². The molecule has 0 aliphatic carbocycles. The number of alkyl halides is 1. The van der Waals surface area contributed by atoms with Crippen LogP contribution in [0.15, 0.2) is 24.3 Å². The zero-order chi connectivity index (χ0) is 15.1. The first-order chi connectivity index (χ1) is 9.99. The second-order valence-electron chi connectivity index (χ2n) is 7.04. The molecule has 0 aromatic heterocycles. The Morgan fingerprint density at radius 2 is 2.00 bits per heavy atom. The Kier molecular flexibility index (Phi) is 4.06. The third-order valence-electron chi connectivity index (χ3n) is 5.45. The quantitative estimate of drug-likeness (QED) is 0.735. The number of hydrogen-bond acceptors (Lipinski definition) is 2. The molecule has 2 aliphatic rings. The fourth-order valence-electron chi connectivity index (χ4n) is 3.82. The van der Waals surface area contributed by atoms with Crippen LogP contribution in [0.4, 0.5) is 0 Å². The topological polar surface area (TPSA) is 18.5 Å². The highest BCUT2D eigenvalue weighted by Gasteiger charge is 2.60. The standard InChI is InChI=1S/C18H25ClO2/c1-13(2)18-9-8-17(3,21-18)16(10-18)20-12-15-7-5-4-6-14(15)11-19/h4-7,13,16H,8-12H2,1-3H3/t16-,17+,18-/m0/s1. The van der Waals surface area contributed by atoms with Crippen LogP contribution in [0, 0.1) is 5.92 Å². The third kappa shape index (κ3) is 2.62. The molecule has 0 N–H and O–H groups in total. The van der Waals surface area contributed by atoms with Crippen molar-refractivity contribution in [3.8, 4) is 0 Å². The maximum Gasteiger partial charge on any atom is 0.0924 e. The van der Waals surface area contributed by atoms with Crippen molar-refractivity contribution in [2.24, 2.45) is 5.92 Å². The first-order valence-electron chi connectivity index (χ1n) is 7.94. The van der Waals surface area contributed by atoms with Crippen LogP contribution in [0.2, 0.25) is 0 Å². The summed E-state index contributed by atoms with van der Waals surface area (Å²) in [7, 11) is 0. The van der Waals surface area contributed by atoms with Crippen molar-refractivity contribution < 1.29 is 9.47 Å². The van der Waals surface area contributed by atoms with E-state index in [9.17, 15) is 0 Å². The predicted octanol–water partition coefficient (Wildman–Crippen LogP) is 4.68. The molecule has 0 saturated carbocycles. The summed E-state index contributed by atoms with van der Waals surface area (Å²) in [6, 6.07) is 8.24. The van der Waals surface area contributed by atoms with Gasteiger partial charge in [0.15, 0.2) is 0 Å². The molecule has 2 bridgehead atoms. The number of fused-ring (bicyclic) bond motifs is 2. The van der Waals surface area contributed by atoms with Gasteiger partial charge in [0, 0.05) is 12.3 Å². The molecule has 3 atom stereocenters. The van der Waals surface area contributed by atoms with Crippen LogP contribution in [-0.4, -0.2) is 17.3 Å². The highest BCUT2D eigenvalue weighted by Crippen LogP contribution is 2.55. The lowest BCUT2D eigenvalue weighted by atomic mass is 9.75. The Morgan fingerprint density at radius 1 is 1.29 bits per heavy atom. The monoisotopic (exact) mass is 308 g/mol. The van der Waals surface area contributed by atoms with Crippen LogP contribution in [0.3, 0.4) is 0 Å². The molecule has 21 heavy (non-hydrogen) atoms. The SMILES string of the molecule is CC(C)[C@@]12CC[C@@](C)(O1)[C@@H](OCc1ccccc1CCl)C2. The molecular formula is C18H25ClO2. The van der Waals surface area contributed by atoms with E-state index in [-0.39, 0.29) is 17.3 Å². The van der Waals surface area contributed by atoms with Gasteiger partial charge < -0.3 is 9.47 Å². The molecule has 2 fully saturated rings. The minimum atomic E-state index is -0.111. The third-order valence-corrected chi connectivity index (χ3v) is 5.74. The summed E-state index contributed by atoms with van der Waals surface area (Å²) in [6.07, 6.45) is 3.48. The van der Waals surface area contributed by atoms with Gasteiger partial charge in [-0.3, -0.25) is 0 Å². The normalized spacial score (nSPS) is 34.8. The highest BCUT2D eigenvalue weighted by molar-refractivity contribution is 6.17. The van der Waals surface area contributed by atoms with Gasteiger partial charge >= 0.3 is 0 Å². The minimum Gasteiger partial charge on any atom is -0.370 e. The molecule has 0 radical (unpaired) electrons. The Bertz CT molecular complexity index is 516. The van der Waals surface area contributed by atoms with Crippen LogP contribution in [0.25, 0.3) is 0 Å². The smallest absolute Gasteiger partial charge is 0.0924 e. The van der Waals surface area contributed by atoms with Gasteiger partial charge in [0.25, 0.3) is 0 Å². The van der Waals surface area contributed by atoms with Gasteiger partial charge in [-0.15, -0.1) is 11.6 Å². The second-order valence-corrected chi connectivity index (χ2v) is 7.31. The maximum atomic E-state index is 6.42. The summed E-state index contributed by atoms with van der Waals surface area (Å²) < 4.78 is 12.7. The van der Waals surface area contributed by atoms with Crippen molar-refractivity contribution in [2.45, 2.75) is 69.8 Å². The molecule has 2 saturated heterocycles. The number of ether oxygens (including phenoxy) is 2. The summed E-state index contributed by atoms with van der Waals surface area (Å²) in [5.74, 6) is 1.08. The van der Waals surface area contributed by atoms with E-state index in [4.69, 9.17) is 21.1 Å². The second kappa shape index (κ2) is 5.57. The van der Waals surface area contributed by atoms with E-state index in [0.717, 1.165) is 18.4 Å².